The minimum Gasteiger partial charge on any atom is -0.497 e. The van der Waals surface area contributed by atoms with Gasteiger partial charge in [0, 0.05) is 5.92 Å². The van der Waals surface area contributed by atoms with Crippen LogP contribution in [0, 0.1) is 5.92 Å². The summed E-state index contributed by atoms with van der Waals surface area (Å²) in [5, 5.41) is 0. The second kappa shape index (κ2) is 3.61. The van der Waals surface area contributed by atoms with Crippen LogP contribution in [0.25, 0.3) is 0 Å². The van der Waals surface area contributed by atoms with Crippen LogP contribution in [-0.2, 0) is 4.74 Å². The molecule has 0 bridgehead atoms. The lowest BCUT2D eigenvalue weighted by Crippen LogP contribution is -1.95. The van der Waals surface area contributed by atoms with Crippen LogP contribution in [0.2, 0.25) is 0 Å². The van der Waals surface area contributed by atoms with E-state index in [1.54, 1.807) is 0 Å². The topological polar surface area (TPSA) is 9.23 Å². The third kappa shape index (κ3) is 1.86. The summed E-state index contributed by atoms with van der Waals surface area (Å²) in [5.41, 5.74) is 1.37. The van der Waals surface area contributed by atoms with E-state index >= 15 is 0 Å². The fourth-order valence-electron chi connectivity index (χ4n) is 1.30. The maximum atomic E-state index is 5.40. The van der Waals surface area contributed by atoms with Gasteiger partial charge in [-0.05, 0) is 18.9 Å². The smallest absolute Gasteiger partial charge is 0.0964 e. The van der Waals surface area contributed by atoms with Gasteiger partial charge in [-0.2, -0.15) is 0 Å². The Morgan fingerprint density at radius 1 is 1.64 bits per heavy atom. The molecule has 11 heavy (non-hydrogen) atoms. The lowest BCUT2D eigenvalue weighted by atomic mass is 10.0. The maximum absolute atomic E-state index is 5.40. The normalized spacial score (nSPS) is 24.8. The number of ether oxygens (including phenoxy) is 1. The Labute approximate surface area is 68.8 Å². The average molecular weight is 152 g/mol. The SMILES string of the molecule is CC/C=C\C1=C(C)OC[C@H]1C. The van der Waals surface area contributed by atoms with Crippen molar-refractivity contribution in [2.45, 2.75) is 27.2 Å². The van der Waals surface area contributed by atoms with E-state index in [-0.39, 0.29) is 0 Å². The molecule has 1 heteroatoms. The predicted molar refractivity (Wildman–Crippen MR) is 47.2 cm³/mol. The van der Waals surface area contributed by atoms with Gasteiger partial charge in [-0.1, -0.05) is 26.0 Å². The summed E-state index contributed by atoms with van der Waals surface area (Å²) in [4.78, 5) is 0. The zero-order valence-corrected chi connectivity index (χ0v) is 7.55. The van der Waals surface area contributed by atoms with Gasteiger partial charge in [0.2, 0.25) is 0 Å². The molecule has 1 atom stereocenters. The molecule has 0 aliphatic carbocycles. The van der Waals surface area contributed by atoms with Gasteiger partial charge >= 0.3 is 0 Å². The lowest BCUT2D eigenvalue weighted by Gasteiger charge is -1.98. The molecule has 1 aliphatic rings. The summed E-state index contributed by atoms with van der Waals surface area (Å²) >= 11 is 0. The molecule has 0 aromatic heterocycles. The average Bonchev–Trinajstić information content (AvgIpc) is 2.29. The van der Waals surface area contributed by atoms with Crippen LogP contribution in [0.3, 0.4) is 0 Å². The molecule has 0 radical (unpaired) electrons. The third-order valence-corrected chi connectivity index (χ3v) is 2.02. The molecule has 0 amide bonds. The van der Waals surface area contributed by atoms with Crippen molar-refractivity contribution in [2.24, 2.45) is 5.92 Å². The molecule has 0 saturated heterocycles. The van der Waals surface area contributed by atoms with Crippen LogP contribution in [0.4, 0.5) is 0 Å². The molecular weight excluding hydrogens is 136 g/mol. The van der Waals surface area contributed by atoms with Crippen LogP contribution in [-0.4, -0.2) is 6.61 Å². The van der Waals surface area contributed by atoms with Crippen LogP contribution >= 0.6 is 0 Å². The zero-order valence-electron chi connectivity index (χ0n) is 7.55. The highest BCUT2D eigenvalue weighted by Gasteiger charge is 2.17. The summed E-state index contributed by atoms with van der Waals surface area (Å²) in [6.07, 6.45) is 5.47. The summed E-state index contributed by atoms with van der Waals surface area (Å²) in [7, 11) is 0. The lowest BCUT2D eigenvalue weighted by molar-refractivity contribution is 0.225. The molecule has 62 valence electrons. The zero-order chi connectivity index (χ0) is 8.27. The summed E-state index contributed by atoms with van der Waals surface area (Å²) < 4.78 is 5.40. The summed E-state index contributed by atoms with van der Waals surface area (Å²) in [6.45, 7) is 7.24. The Kier molecular flexibility index (Phi) is 2.75. The molecule has 0 aromatic carbocycles. The fourth-order valence-corrected chi connectivity index (χ4v) is 1.30. The molecule has 1 aliphatic heterocycles. The molecule has 0 saturated carbocycles. The molecule has 0 N–H and O–H groups in total. The Morgan fingerprint density at radius 3 is 2.82 bits per heavy atom. The molecular formula is C10H16O. The van der Waals surface area contributed by atoms with Crippen molar-refractivity contribution in [3.05, 3.63) is 23.5 Å². The first-order valence-electron chi connectivity index (χ1n) is 4.25. The van der Waals surface area contributed by atoms with Gasteiger partial charge in [-0.15, -0.1) is 0 Å². The van der Waals surface area contributed by atoms with E-state index in [2.05, 4.69) is 26.0 Å². The number of rotatable bonds is 2. The first-order chi connectivity index (χ1) is 5.25. The predicted octanol–water partition coefficient (Wildman–Crippen LogP) is 2.89. The van der Waals surface area contributed by atoms with Crippen molar-refractivity contribution in [3.8, 4) is 0 Å². The Morgan fingerprint density at radius 2 is 2.36 bits per heavy atom. The first-order valence-corrected chi connectivity index (χ1v) is 4.25. The molecule has 1 rings (SSSR count). The Bertz CT molecular complexity index is 189. The van der Waals surface area contributed by atoms with Crippen LogP contribution < -0.4 is 0 Å². The van der Waals surface area contributed by atoms with E-state index in [0.29, 0.717) is 5.92 Å². The van der Waals surface area contributed by atoms with E-state index < -0.39 is 0 Å². The van der Waals surface area contributed by atoms with Crippen molar-refractivity contribution in [3.63, 3.8) is 0 Å². The molecule has 0 fully saturated rings. The van der Waals surface area contributed by atoms with Crippen LogP contribution in [0.5, 0.6) is 0 Å². The summed E-state index contributed by atoms with van der Waals surface area (Å²) in [6, 6.07) is 0. The number of allylic oxidation sites excluding steroid dienone is 3. The largest absolute Gasteiger partial charge is 0.497 e. The summed E-state index contributed by atoms with van der Waals surface area (Å²) in [5.74, 6) is 1.68. The highest BCUT2D eigenvalue weighted by Crippen LogP contribution is 2.25. The second-order valence-corrected chi connectivity index (χ2v) is 3.03. The Balaban J connectivity index is 2.67. The van der Waals surface area contributed by atoms with Gasteiger partial charge in [-0.3, -0.25) is 0 Å². The van der Waals surface area contributed by atoms with Crippen LogP contribution in [0.15, 0.2) is 23.5 Å². The molecule has 1 nitrogen and oxygen atoms in total. The van der Waals surface area contributed by atoms with Crippen molar-refractivity contribution < 1.29 is 4.74 Å². The van der Waals surface area contributed by atoms with Crippen molar-refractivity contribution >= 4 is 0 Å². The van der Waals surface area contributed by atoms with E-state index in [0.717, 1.165) is 18.8 Å². The maximum Gasteiger partial charge on any atom is 0.0964 e. The van der Waals surface area contributed by atoms with E-state index in [1.165, 1.54) is 5.57 Å². The first kappa shape index (κ1) is 8.38. The minimum absolute atomic E-state index is 0.581. The monoisotopic (exact) mass is 152 g/mol. The van der Waals surface area contributed by atoms with Crippen molar-refractivity contribution in [1.82, 2.24) is 0 Å². The quantitative estimate of drug-likeness (QED) is 0.591. The second-order valence-electron chi connectivity index (χ2n) is 3.03. The van der Waals surface area contributed by atoms with E-state index in [9.17, 15) is 0 Å². The molecule has 1 heterocycles. The van der Waals surface area contributed by atoms with Gasteiger partial charge in [-0.25, -0.2) is 0 Å². The Hall–Kier alpha value is -0.720. The van der Waals surface area contributed by atoms with Gasteiger partial charge in [0.1, 0.15) is 0 Å². The molecule has 0 aromatic rings. The third-order valence-electron chi connectivity index (χ3n) is 2.02. The van der Waals surface area contributed by atoms with E-state index in [1.807, 2.05) is 6.92 Å². The van der Waals surface area contributed by atoms with Crippen LogP contribution in [0.1, 0.15) is 27.2 Å². The van der Waals surface area contributed by atoms with Gasteiger partial charge in [0.25, 0.3) is 0 Å². The fraction of sp³-hybridized carbons (Fsp3) is 0.600. The molecule has 0 unspecified atom stereocenters. The van der Waals surface area contributed by atoms with Crippen molar-refractivity contribution in [1.29, 1.82) is 0 Å². The van der Waals surface area contributed by atoms with Gasteiger partial charge < -0.3 is 4.74 Å². The highest BCUT2D eigenvalue weighted by molar-refractivity contribution is 5.26. The standard InChI is InChI=1S/C10H16O/c1-4-5-6-10-8(2)7-11-9(10)3/h5-6,8H,4,7H2,1-3H3/b6-5-/t8-/m1/s1. The minimum atomic E-state index is 0.581. The number of hydrogen-bond donors (Lipinski definition) is 0. The number of hydrogen-bond acceptors (Lipinski definition) is 1. The van der Waals surface area contributed by atoms with E-state index in [4.69, 9.17) is 4.74 Å². The molecule has 0 spiro atoms. The highest BCUT2D eigenvalue weighted by atomic mass is 16.5. The van der Waals surface area contributed by atoms with Gasteiger partial charge in [0.15, 0.2) is 0 Å². The van der Waals surface area contributed by atoms with Gasteiger partial charge in [0.05, 0.1) is 12.4 Å². The van der Waals surface area contributed by atoms with Crippen molar-refractivity contribution in [2.75, 3.05) is 6.61 Å².